The summed E-state index contributed by atoms with van der Waals surface area (Å²) in [4.78, 5) is 21.6. The van der Waals surface area contributed by atoms with Crippen LogP contribution in [-0.2, 0) is 11.0 Å². The van der Waals surface area contributed by atoms with Crippen LogP contribution in [0.4, 0.5) is 25.1 Å². The van der Waals surface area contributed by atoms with Crippen molar-refractivity contribution >= 4 is 28.8 Å². The molecule has 0 aliphatic heterocycles. The Kier molecular flexibility index (Phi) is 4.97. The lowest BCUT2D eigenvalue weighted by Gasteiger charge is -2.14. The maximum absolute atomic E-state index is 13.1. The van der Waals surface area contributed by atoms with Crippen LogP contribution in [0.15, 0.2) is 22.6 Å². The van der Waals surface area contributed by atoms with Gasteiger partial charge >= 0.3 is 6.18 Å². The molecule has 0 spiro atoms. The zero-order chi connectivity index (χ0) is 20.6. The molecule has 1 atom stereocenters. The van der Waals surface area contributed by atoms with E-state index >= 15 is 0 Å². The van der Waals surface area contributed by atoms with Crippen molar-refractivity contribution in [2.75, 3.05) is 10.6 Å². The number of nitrogens with one attached hydrogen (secondary N) is 2. The van der Waals surface area contributed by atoms with Gasteiger partial charge in [-0.25, -0.2) is 0 Å². The van der Waals surface area contributed by atoms with Crippen LogP contribution in [0.5, 0.6) is 0 Å². The zero-order valence-electron chi connectivity index (χ0n) is 15.6. The van der Waals surface area contributed by atoms with Crippen LogP contribution in [0.3, 0.4) is 0 Å². The highest BCUT2D eigenvalue weighted by Crippen LogP contribution is 2.30. The molecule has 2 heterocycles. The fourth-order valence-corrected chi connectivity index (χ4v) is 2.77. The van der Waals surface area contributed by atoms with E-state index in [1.165, 1.54) is 0 Å². The molecule has 7 nitrogen and oxygen atoms in total. The van der Waals surface area contributed by atoms with Crippen LogP contribution in [-0.4, -0.2) is 20.9 Å². The molecule has 0 radical (unpaired) electrons. The van der Waals surface area contributed by atoms with E-state index < -0.39 is 29.9 Å². The van der Waals surface area contributed by atoms with Gasteiger partial charge in [0.1, 0.15) is 11.3 Å². The highest BCUT2D eigenvalue weighted by molar-refractivity contribution is 5.86. The van der Waals surface area contributed by atoms with Gasteiger partial charge in [0, 0.05) is 12.3 Å². The van der Waals surface area contributed by atoms with E-state index in [1.54, 1.807) is 6.92 Å². The van der Waals surface area contributed by atoms with Gasteiger partial charge in [0.2, 0.25) is 23.6 Å². The molecule has 1 unspecified atom stereocenters. The second kappa shape index (κ2) is 7.10. The third kappa shape index (κ3) is 4.21. The van der Waals surface area contributed by atoms with Crippen molar-refractivity contribution in [1.29, 1.82) is 0 Å². The summed E-state index contributed by atoms with van der Waals surface area (Å²) in [6, 6.07) is 5.20. The molecular formula is C18H18F3N5O2. The lowest BCUT2D eigenvalue weighted by atomic mass is 10.1. The van der Waals surface area contributed by atoms with Crippen molar-refractivity contribution in [1.82, 2.24) is 15.0 Å². The number of carbonyl (C=O) groups excluding carboxylic acids is 1. The normalized spacial score (nSPS) is 12.8. The molecule has 28 heavy (non-hydrogen) atoms. The van der Waals surface area contributed by atoms with E-state index in [-0.39, 0.29) is 5.95 Å². The Morgan fingerprint density at radius 1 is 1.11 bits per heavy atom. The third-order valence-corrected chi connectivity index (χ3v) is 3.96. The van der Waals surface area contributed by atoms with Crippen LogP contribution in [0.2, 0.25) is 0 Å². The zero-order valence-corrected chi connectivity index (χ0v) is 15.6. The maximum atomic E-state index is 13.1. The van der Waals surface area contributed by atoms with Crippen LogP contribution in [0.1, 0.15) is 42.6 Å². The smallest absolute Gasteiger partial charge is 0.451 e. The van der Waals surface area contributed by atoms with Crippen molar-refractivity contribution in [2.45, 2.75) is 39.9 Å². The Morgan fingerprint density at radius 2 is 1.79 bits per heavy atom. The Bertz CT molecular complexity index is 1050. The molecule has 2 N–H and O–H groups in total. The number of carbonyl (C=O) groups is 1. The Balaban J connectivity index is 1.93. The fraction of sp³-hybridized carbons (Fsp3) is 0.333. The van der Waals surface area contributed by atoms with Crippen molar-refractivity contribution in [3.8, 4) is 0 Å². The van der Waals surface area contributed by atoms with Gasteiger partial charge in [0.05, 0.1) is 6.04 Å². The SMILES string of the molecule is CC(=O)Nc1nc(NC(C)c2cc3c(C)cc(C)cc3o2)nc(C(F)(F)F)n1. The molecule has 0 saturated heterocycles. The standard InChI is InChI=1S/C18H18F3N5O2/c1-8-5-9(2)12-7-13(28-14(12)6-8)10(3)22-16-24-15(18(19,20)21)25-17(26-16)23-11(4)27/h5-7,10H,1-4H3,(H2,22,23,24,25,26,27). The minimum atomic E-state index is -4.79. The van der Waals surface area contributed by atoms with Crippen molar-refractivity contribution in [2.24, 2.45) is 0 Å². The summed E-state index contributed by atoms with van der Waals surface area (Å²) < 4.78 is 45.0. The second-order valence-corrected chi connectivity index (χ2v) is 6.49. The number of halogens is 3. The van der Waals surface area contributed by atoms with Gasteiger partial charge < -0.3 is 9.73 Å². The molecule has 0 fully saturated rings. The van der Waals surface area contributed by atoms with E-state index in [2.05, 4.69) is 25.6 Å². The highest BCUT2D eigenvalue weighted by atomic mass is 19.4. The largest absolute Gasteiger partial charge is 0.459 e. The van der Waals surface area contributed by atoms with Crippen molar-refractivity contribution in [3.63, 3.8) is 0 Å². The van der Waals surface area contributed by atoms with E-state index in [4.69, 9.17) is 4.42 Å². The van der Waals surface area contributed by atoms with E-state index in [0.717, 1.165) is 23.4 Å². The molecule has 3 rings (SSSR count). The first-order chi connectivity index (χ1) is 13.0. The number of furan rings is 1. The van der Waals surface area contributed by atoms with Gasteiger partial charge in [-0.2, -0.15) is 28.1 Å². The molecule has 0 bridgehead atoms. The number of anilines is 2. The number of benzene rings is 1. The molecule has 10 heteroatoms. The minimum Gasteiger partial charge on any atom is -0.459 e. The first-order valence-electron chi connectivity index (χ1n) is 8.41. The number of nitrogens with zero attached hydrogens (tertiary/aromatic N) is 3. The van der Waals surface area contributed by atoms with Gasteiger partial charge in [-0.1, -0.05) is 6.07 Å². The molecule has 1 amide bonds. The van der Waals surface area contributed by atoms with Gasteiger partial charge in [0.25, 0.3) is 0 Å². The summed E-state index contributed by atoms with van der Waals surface area (Å²) in [6.45, 7) is 6.75. The Morgan fingerprint density at radius 3 is 2.43 bits per heavy atom. The average Bonchev–Trinajstić information content (AvgIpc) is 2.97. The van der Waals surface area contributed by atoms with Gasteiger partial charge in [-0.3, -0.25) is 10.1 Å². The molecule has 0 aliphatic rings. The number of aryl methyl sites for hydroxylation is 2. The van der Waals surface area contributed by atoms with Crippen molar-refractivity contribution < 1.29 is 22.4 Å². The molecule has 0 saturated carbocycles. The summed E-state index contributed by atoms with van der Waals surface area (Å²) >= 11 is 0. The predicted octanol–water partition coefficient (Wildman–Crippen LogP) is 4.38. The number of fused-ring (bicyclic) bond motifs is 1. The maximum Gasteiger partial charge on any atom is 0.451 e. The number of alkyl halides is 3. The van der Waals surface area contributed by atoms with E-state index in [1.807, 2.05) is 32.0 Å². The van der Waals surface area contributed by atoms with E-state index in [0.29, 0.717) is 11.3 Å². The molecule has 0 aliphatic carbocycles. The molecule has 2 aromatic heterocycles. The predicted molar refractivity (Wildman–Crippen MR) is 96.9 cm³/mol. The van der Waals surface area contributed by atoms with Crippen LogP contribution in [0.25, 0.3) is 11.0 Å². The first-order valence-corrected chi connectivity index (χ1v) is 8.41. The quantitative estimate of drug-likeness (QED) is 0.683. The first kappa shape index (κ1) is 19.6. The fourth-order valence-electron chi connectivity index (χ4n) is 2.77. The number of hydrogen-bond acceptors (Lipinski definition) is 6. The molecule has 148 valence electrons. The Hall–Kier alpha value is -3.17. The lowest BCUT2D eigenvalue weighted by molar-refractivity contribution is -0.145. The molecular weight excluding hydrogens is 375 g/mol. The van der Waals surface area contributed by atoms with Gasteiger partial charge in [-0.15, -0.1) is 0 Å². The summed E-state index contributed by atoms with van der Waals surface area (Å²) in [5.41, 5.74) is 2.76. The topological polar surface area (TPSA) is 92.9 Å². The molecule has 1 aromatic carbocycles. The highest BCUT2D eigenvalue weighted by Gasteiger charge is 2.36. The van der Waals surface area contributed by atoms with Crippen molar-refractivity contribution in [3.05, 3.63) is 40.9 Å². The monoisotopic (exact) mass is 393 g/mol. The summed E-state index contributed by atoms with van der Waals surface area (Å²) in [5.74, 6) is -2.30. The summed E-state index contributed by atoms with van der Waals surface area (Å²) in [5, 5.41) is 5.83. The number of rotatable bonds is 4. The lowest BCUT2D eigenvalue weighted by Crippen LogP contribution is -2.19. The number of aromatic nitrogens is 3. The average molecular weight is 393 g/mol. The minimum absolute atomic E-state index is 0.327. The van der Waals surface area contributed by atoms with Crippen LogP contribution in [0, 0.1) is 13.8 Å². The summed E-state index contributed by atoms with van der Waals surface area (Å²) in [7, 11) is 0. The molecule has 3 aromatic rings. The van der Waals surface area contributed by atoms with Crippen LogP contribution >= 0.6 is 0 Å². The van der Waals surface area contributed by atoms with Gasteiger partial charge in [-0.05, 0) is 44.0 Å². The van der Waals surface area contributed by atoms with E-state index in [9.17, 15) is 18.0 Å². The second-order valence-electron chi connectivity index (χ2n) is 6.49. The van der Waals surface area contributed by atoms with Crippen LogP contribution < -0.4 is 10.6 Å². The van der Waals surface area contributed by atoms with Gasteiger partial charge in [0.15, 0.2) is 0 Å². The Labute approximate surface area is 158 Å². The third-order valence-electron chi connectivity index (χ3n) is 3.96. The number of amides is 1. The summed E-state index contributed by atoms with van der Waals surface area (Å²) in [6.07, 6.45) is -4.79. The number of hydrogen-bond donors (Lipinski definition) is 2.